The molecule has 0 aromatic carbocycles. The van der Waals surface area contributed by atoms with Crippen molar-refractivity contribution in [3.8, 4) is 0 Å². The molecule has 0 bridgehead atoms. The van der Waals surface area contributed by atoms with Crippen molar-refractivity contribution < 1.29 is 5.11 Å². The molecule has 2 aliphatic rings. The van der Waals surface area contributed by atoms with Gasteiger partial charge in [0.2, 0.25) is 0 Å². The second kappa shape index (κ2) is 6.88. The Bertz CT molecular complexity index is 239. The maximum atomic E-state index is 10.1. The third-order valence-electron chi connectivity index (χ3n) is 4.82. The molecule has 0 aromatic heterocycles. The summed E-state index contributed by atoms with van der Waals surface area (Å²) in [5, 5.41) is 13.7. The van der Waals surface area contributed by atoms with Crippen molar-refractivity contribution in [1.82, 2.24) is 10.2 Å². The van der Waals surface area contributed by atoms with Crippen LogP contribution in [-0.4, -0.2) is 48.3 Å². The molecule has 0 amide bonds. The van der Waals surface area contributed by atoms with Gasteiger partial charge in [0.1, 0.15) is 0 Å². The summed E-state index contributed by atoms with van der Waals surface area (Å²) in [5.41, 5.74) is 0. The number of likely N-dealkylation sites (tertiary alicyclic amines) is 1. The number of aliphatic hydroxyl groups is 1. The average Bonchev–Trinajstić information content (AvgIpc) is 2.75. The molecule has 3 nitrogen and oxygen atoms in total. The van der Waals surface area contributed by atoms with E-state index in [0.717, 1.165) is 38.0 Å². The van der Waals surface area contributed by atoms with E-state index in [-0.39, 0.29) is 6.10 Å². The fourth-order valence-electron chi connectivity index (χ4n) is 3.34. The molecule has 1 heterocycles. The summed E-state index contributed by atoms with van der Waals surface area (Å²) in [6.07, 6.45) is 6.36. The summed E-state index contributed by atoms with van der Waals surface area (Å²) in [6.45, 7) is 8.60. The van der Waals surface area contributed by atoms with E-state index in [9.17, 15) is 5.11 Å². The summed E-state index contributed by atoms with van der Waals surface area (Å²) >= 11 is 0. The molecule has 18 heavy (non-hydrogen) atoms. The topological polar surface area (TPSA) is 35.5 Å². The molecule has 2 rings (SSSR count). The van der Waals surface area contributed by atoms with Crippen molar-refractivity contribution in [2.24, 2.45) is 11.8 Å². The lowest BCUT2D eigenvalue weighted by Gasteiger charge is -2.32. The van der Waals surface area contributed by atoms with Crippen LogP contribution in [0.4, 0.5) is 0 Å². The van der Waals surface area contributed by atoms with E-state index in [1.807, 2.05) is 0 Å². The third-order valence-corrected chi connectivity index (χ3v) is 4.82. The number of nitrogens with one attached hydrogen (secondary N) is 1. The quantitative estimate of drug-likeness (QED) is 0.786. The molecule has 106 valence electrons. The van der Waals surface area contributed by atoms with Crippen LogP contribution in [0.15, 0.2) is 0 Å². The lowest BCUT2D eigenvalue weighted by atomic mass is 9.99. The van der Waals surface area contributed by atoms with Crippen LogP contribution in [0.5, 0.6) is 0 Å². The first-order valence-corrected chi connectivity index (χ1v) is 7.79. The monoisotopic (exact) mass is 254 g/mol. The molecule has 3 heteroatoms. The van der Waals surface area contributed by atoms with Gasteiger partial charge >= 0.3 is 0 Å². The van der Waals surface area contributed by atoms with Crippen LogP contribution in [0.25, 0.3) is 0 Å². The maximum Gasteiger partial charge on any atom is 0.0791 e. The molecule has 1 saturated carbocycles. The van der Waals surface area contributed by atoms with Gasteiger partial charge in [-0.15, -0.1) is 0 Å². The molecule has 1 saturated heterocycles. The molecule has 3 atom stereocenters. The van der Waals surface area contributed by atoms with Gasteiger partial charge in [-0.2, -0.15) is 0 Å². The summed E-state index contributed by atoms with van der Waals surface area (Å²) in [7, 11) is 0. The number of nitrogens with zero attached hydrogens (tertiary/aromatic N) is 1. The standard InChI is InChI=1S/C15H30N2O/c1-12-6-8-17(9-7-12)11-14(18)10-16-15-5-3-4-13(15)2/h12-16,18H,3-11H2,1-2H3. The summed E-state index contributed by atoms with van der Waals surface area (Å²) in [6, 6.07) is 0.640. The van der Waals surface area contributed by atoms with Crippen molar-refractivity contribution in [2.45, 2.75) is 58.1 Å². The first kappa shape index (κ1) is 14.3. The zero-order valence-electron chi connectivity index (χ0n) is 12.1. The lowest BCUT2D eigenvalue weighted by molar-refractivity contribution is 0.0879. The minimum Gasteiger partial charge on any atom is -0.390 e. The van der Waals surface area contributed by atoms with Crippen molar-refractivity contribution in [3.05, 3.63) is 0 Å². The van der Waals surface area contributed by atoms with E-state index >= 15 is 0 Å². The molecule has 3 unspecified atom stereocenters. The molecule has 2 N–H and O–H groups in total. The van der Waals surface area contributed by atoms with Crippen molar-refractivity contribution in [1.29, 1.82) is 0 Å². The van der Waals surface area contributed by atoms with Crippen molar-refractivity contribution >= 4 is 0 Å². The molecular weight excluding hydrogens is 224 g/mol. The van der Waals surface area contributed by atoms with Crippen LogP contribution in [0.3, 0.4) is 0 Å². The van der Waals surface area contributed by atoms with E-state index in [1.54, 1.807) is 0 Å². The van der Waals surface area contributed by atoms with Gasteiger partial charge in [0.25, 0.3) is 0 Å². The molecule has 0 spiro atoms. The Morgan fingerprint density at radius 3 is 2.50 bits per heavy atom. The van der Waals surface area contributed by atoms with Gasteiger partial charge in [0.05, 0.1) is 6.10 Å². The molecule has 1 aliphatic carbocycles. The van der Waals surface area contributed by atoms with E-state index in [0.29, 0.717) is 6.04 Å². The van der Waals surface area contributed by atoms with Crippen LogP contribution < -0.4 is 5.32 Å². The number of hydrogen-bond donors (Lipinski definition) is 2. The van der Waals surface area contributed by atoms with E-state index in [1.165, 1.54) is 32.1 Å². The number of aliphatic hydroxyl groups excluding tert-OH is 1. The van der Waals surface area contributed by atoms with E-state index < -0.39 is 0 Å². The predicted molar refractivity (Wildman–Crippen MR) is 75.7 cm³/mol. The zero-order chi connectivity index (χ0) is 13.0. The van der Waals surface area contributed by atoms with Crippen LogP contribution in [-0.2, 0) is 0 Å². The third kappa shape index (κ3) is 4.22. The normalized spacial score (nSPS) is 32.8. The molecule has 2 fully saturated rings. The van der Waals surface area contributed by atoms with Gasteiger partial charge in [0, 0.05) is 19.1 Å². The molecule has 0 aromatic rings. The number of hydrogen-bond acceptors (Lipinski definition) is 3. The van der Waals surface area contributed by atoms with Crippen molar-refractivity contribution in [2.75, 3.05) is 26.2 Å². The van der Waals surface area contributed by atoms with Crippen LogP contribution >= 0.6 is 0 Å². The Hall–Kier alpha value is -0.120. The highest BCUT2D eigenvalue weighted by Gasteiger charge is 2.24. The average molecular weight is 254 g/mol. The van der Waals surface area contributed by atoms with Crippen LogP contribution in [0, 0.1) is 11.8 Å². The smallest absolute Gasteiger partial charge is 0.0791 e. The number of β-amino-alcohol motifs (C(OH)–C–C–N with tert-alkyl or cyclic N) is 1. The number of piperidine rings is 1. The molecular formula is C15H30N2O. The van der Waals surface area contributed by atoms with Crippen LogP contribution in [0.1, 0.15) is 46.0 Å². The Morgan fingerprint density at radius 1 is 1.17 bits per heavy atom. The summed E-state index contributed by atoms with van der Waals surface area (Å²) < 4.78 is 0. The zero-order valence-corrected chi connectivity index (χ0v) is 12.1. The molecule has 0 radical (unpaired) electrons. The first-order chi connectivity index (χ1) is 8.65. The second-order valence-corrected chi connectivity index (χ2v) is 6.56. The summed E-state index contributed by atoms with van der Waals surface area (Å²) in [5.74, 6) is 1.66. The fourth-order valence-corrected chi connectivity index (χ4v) is 3.34. The number of rotatable bonds is 5. The highest BCUT2D eigenvalue weighted by Crippen LogP contribution is 2.24. The van der Waals surface area contributed by atoms with Gasteiger partial charge < -0.3 is 15.3 Å². The van der Waals surface area contributed by atoms with Crippen LogP contribution in [0.2, 0.25) is 0 Å². The van der Waals surface area contributed by atoms with Gasteiger partial charge in [0.15, 0.2) is 0 Å². The van der Waals surface area contributed by atoms with E-state index in [4.69, 9.17) is 0 Å². The first-order valence-electron chi connectivity index (χ1n) is 7.79. The van der Waals surface area contributed by atoms with Gasteiger partial charge in [-0.1, -0.05) is 20.3 Å². The Labute approximate surface area is 112 Å². The van der Waals surface area contributed by atoms with Crippen molar-refractivity contribution in [3.63, 3.8) is 0 Å². The second-order valence-electron chi connectivity index (χ2n) is 6.56. The minimum absolute atomic E-state index is 0.203. The van der Waals surface area contributed by atoms with Gasteiger partial charge in [-0.05, 0) is 50.6 Å². The largest absolute Gasteiger partial charge is 0.390 e. The Kier molecular flexibility index (Phi) is 5.46. The Balaban J connectivity index is 1.61. The lowest BCUT2D eigenvalue weighted by Crippen LogP contribution is -2.44. The maximum absolute atomic E-state index is 10.1. The fraction of sp³-hybridized carbons (Fsp3) is 1.00. The molecule has 1 aliphatic heterocycles. The summed E-state index contributed by atoms with van der Waals surface area (Å²) in [4.78, 5) is 2.42. The van der Waals surface area contributed by atoms with E-state index in [2.05, 4.69) is 24.1 Å². The van der Waals surface area contributed by atoms with Gasteiger partial charge in [-0.25, -0.2) is 0 Å². The Morgan fingerprint density at radius 2 is 1.89 bits per heavy atom. The SMILES string of the molecule is CC1CCN(CC(O)CNC2CCCC2C)CC1. The predicted octanol–water partition coefficient (Wildman–Crippen LogP) is 1.86. The highest BCUT2D eigenvalue weighted by molar-refractivity contribution is 4.82. The highest BCUT2D eigenvalue weighted by atomic mass is 16.3. The van der Waals surface area contributed by atoms with Gasteiger partial charge in [-0.3, -0.25) is 0 Å². The minimum atomic E-state index is -0.203.